The zero-order valence-electron chi connectivity index (χ0n) is 76.6. The molecule has 672 valence electrons. The number of esters is 2. The number of rotatable bonds is 28. The van der Waals surface area contributed by atoms with E-state index in [1.807, 2.05) is 111 Å². The number of aliphatic hydroxyl groups is 1. The normalized spacial score (nSPS) is 16.1. The minimum atomic E-state index is -1.04. The molecule has 2 fully saturated rings. The van der Waals surface area contributed by atoms with E-state index >= 15 is 0 Å². The predicted molar refractivity (Wildman–Crippen MR) is 442 cm³/mol. The number of carbonyl (C=O) groups is 12. The second-order valence-corrected chi connectivity index (χ2v) is 37.2. The molecule has 0 aromatic rings. The van der Waals surface area contributed by atoms with Gasteiger partial charge in [0.15, 0.2) is 0 Å². The second kappa shape index (κ2) is 56.4. The molecule has 0 spiro atoms. The highest BCUT2D eigenvalue weighted by Crippen LogP contribution is 2.25. The summed E-state index contributed by atoms with van der Waals surface area (Å²) in [4.78, 5) is 141. The van der Waals surface area contributed by atoms with Crippen molar-refractivity contribution in [3.05, 3.63) is 0 Å². The number of alkyl carbamates (subject to hydrolysis) is 6. The first-order chi connectivity index (χ1) is 52.0. The Balaban J connectivity index is -0.000000413. The number of aliphatic hydroxyl groups excluding tert-OH is 1. The molecule has 32 heteroatoms. The van der Waals surface area contributed by atoms with E-state index in [1.54, 1.807) is 90.0 Å². The Labute approximate surface area is 688 Å². The average molecular weight is 1650 g/mol. The molecule has 2 heterocycles. The molecule has 0 aromatic carbocycles. The van der Waals surface area contributed by atoms with Gasteiger partial charge in [0.25, 0.3) is 5.91 Å². The zero-order valence-corrected chi connectivity index (χ0v) is 76.6. The maximum atomic E-state index is 12.0. The van der Waals surface area contributed by atoms with Gasteiger partial charge in [0.1, 0.15) is 76.3 Å². The highest BCUT2D eigenvalue weighted by molar-refractivity contribution is 5.85. The Hall–Kier alpha value is -7.92. The third-order valence-electron chi connectivity index (χ3n) is 14.3. The van der Waals surface area contributed by atoms with E-state index in [9.17, 15) is 62.6 Å². The summed E-state index contributed by atoms with van der Waals surface area (Å²) >= 11 is 0. The highest BCUT2D eigenvalue weighted by atomic mass is 16.7. The van der Waals surface area contributed by atoms with Crippen molar-refractivity contribution in [2.45, 2.75) is 393 Å². The number of ether oxygens (including phenoxy) is 8. The summed E-state index contributed by atoms with van der Waals surface area (Å²) in [5.41, 5.74) is 1.87. The van der Waals surface area contributed by atoms with Crippen LogP contribution in [0.5, 0.6) is 0 Å². The molecule has 9 unspecified atom stereocenters. The summed E-state index contributed by atoms with van der Waals surface area (Å²) in [7, 11) is 2.91. The molecular weight excluding hydrogens is 1490 g/mol. The van der Waals surface area contributed by atoms with Crippen LogP contribution >= 0.6 is 0 Å². The Morgan fingerprint density at radius 1 is 0.452 bits per heavy atom. The predicted octanol–water partition coefficient (Wildman–Crippen LogP) is 14.1. The summed E-state index contributed by atoms with van der Waals surface area (Å²) in [6.07, 6.45) is 2.55. The number of cyclic esters (lactones) is 2. The Morgan fingerprint density at radius 2 is 0.739 bits per heavy atom. The van der Waals surface area contributed by atoms with Gasteiger partial charge in [-0.25, -0.2) is 38.6 Å². The van der Waals surface area contributed by atoms with Crippen molar-refractivity contribution in [2.24, 2.45) is 47.2 Å². The number of likely N-dealkylation sites (N-methyl/N-ethyl adjacent to an activating group) is 1. The lowest BCUT2D eigenvalue weighted by Crippen LogP contribution is -2.49. The van der Waals surface area contributed by atoms with Crippen LogP contribution in [-0.2, 0) is 71.5 Å². The van der Waals surface area contributed by atoms with Crippen molar-refractivity contribution in [1.82, 2.24) is 37.0 Å². The number of hydrogen-bond acceptors (Lipinski definition) is 23. The SMILES string of the molecule is CC#CC(O)C(CC(C)C)NC(=O)OC(C)(C)C.CC(C)CC(C=O)NC(=O)OC(C)(C)C.CC(C)CC(N)C(=O)O.CC(C)CC(NC(=O)OC(C)(C)C)C(=O)O.CC(C)CC(NC(=O)OC(C)(C)C)C1CCC(=O)O1.CC(C)CC(NC(=O)OC(C)(C)C)[C@@H]1CCC(=O)O1.CON(C)C(=O)C(CC(C)C)NC(=O)OC(C)(C)C. The Kier molecular flexibility index (Phi) is 56.7. The maximum absolute atomic E-state index is 12.0. The summed E-state index contributed by atoms with van der Waals surface area (Å²) in [5, 5.41) is 44.0. The number of carbonyl (C=O) groups excluding carboxylic acids is 10. The molecule has 7 amide bonds. The van der Waals surface area contributed by atoms with E-state index in [1.165, 1.54) is 14.2 Å². The average Bonchev–Trinajstić information content (AvgIpc) is 1.77. The number of hydrogen-bond donors (Lipinski definition) is 10. The minimum Gasteiger partial charge on any atom is -0.480 e. The topological polar surface area (TPSA) is 450 Å². The second-order valence-electron chi connectivity index (χ2n) is 37.2. The molecule has 2 aliphatic rings. The van der Waals surface area contributed by atoms with Crippen molar-refractivity contribution < 1.29 is 116 Å². The molecule has 0 saturated carbocycles. The summed E-state index contributed by atoms with van der Waals surface area (Å²) < 4.78 is 41.3. The molecule has 115 heavy (non-hydrogen) atoms. The molecule has 10 atom stereocenters. The van der Waals surface area contributed by atoms with E-state index in [2.05, 4.69) is 71.4 Å². The fraction of sp³-hybridized carbons (Fsp3) is 0.831. The lowest BCUT2D eigenvalue weighted by atomic mass is 9.97. The number of aliphatic carboxylic acids is 2. The molecule has 0 radical (unpaired) electrons. The van der Waals surface area contributed by atoms with Gasteiger partial charge in [0, 0.05) is 19.9 Å². The summed E-state index contributed by atoms with van der Waals surface area (Å²) in [5.74, 6) is 4.98. The molecule has 0 aromatic heterocycles. The molecule has 11 N–H and O–H groups in total. The third-order valence-corrected chi connectivity index (χ3v) is 14.3. The van der Waals surface area contributed by atoms with Crippen LogP contribution in [0, 0.1) is 53.3 Å². The first kappa shape index (κ1) is 116. The zero-order chi connectivity index (χ0) is 91.2. The van der Waals surface area contributed by atoms with Gasteiger partial charge in [-0.1, -0.05) is 103 Å². The first-order valence-electron chi connectivity index (χ1n) is 39.9. The first-order valence-corrected chi connectivity index (χ1v) is 39.9. The summed E-state index contributed by atoms with van der Waals surface area (Å²) in [6.45, 7) is 61.8. The van der Waals surface area contributed by atoms with Crippen LogP contribution in [0.25, 0.3) is 0 Å². The van der Waals surface area contributed by atoms with Gasteiger partial charge in [-0.3, -0.25) is 24.0 Å². The van der Waals surface area contributed by atoms with Crippen molar-refractivity contribution in [3.8, 4) is 11.8 Å². The van der Waals surface area contributed by atoms with Crippen LogP contribution in [0.4, 0.5) is 28.8 Å². The number of nitrogens with zero attached hydrogens (tertiary/aromatic N) is 1. The number of aldehydes is 1. The molecule has 0 aliphatic carbocycles. The van der Waals surface area contributed by atoms with Crippen LogP contribution in [-0.4, -0.2) is 201 Å². The van der Waals surface area contributed by atoms with Gasteiger partial charge in [0.05, 0.1) is 31.3 Å². The van der Waals surface area contributed by atoms with Gasteiger partial charge in [-0.2, -0.15) is 0 Å². The van der Waals surface area contributed by atoms with Crippen molar-refractivity contribution in [1.29, 1.82) is 0 Å². The molecule has 32 nitrogen and oxygen atoms in total. The van der Waals surface area contributed by atoms with Crippen molar-refractivity contribution in [2.75, 3.05) is 14.2 Å². The van der Waals surface area contributed by atoms with Gasteiger partial charge in [-0.05, 0) is 231 Å². The van der Waals surface area contributed by atoms with Crippen LogP contribution < -0.4 is 37.6 Å². The maximum Gasteiger partial charge on any atom is 0.408 e. The van der Waals surface area contributed by atoms with Gasteiger partial charge in [-0.15, -0.1) is 5.92 Å². The monoisotopic (exact) mass is 1650 g/mol. The number of nitrogens with two attached hydrogens (primary N) is 1. The smallest absolute Gasteiger partial charge is 0.408 e. The molecule has 2 saturated heterocycles. The standard InChI is InChI=1S/2C14H25NO4.C14H25NO3.C13H26N2O4.C11H21NO4.C11H21NO3.C6H13NO2/c2*1-9(2)8-10(11-6-7-12(16)18-11)15-13(17)19-14(3,4)5;1-7-8-12(16)11(9-10(2)3)15-13(17)18-14(4,5)6;1-9(2)8-10(11(16)15(6)18-7)14-12(17)19-13(3,4)5;1-7(2)6-8(9(13)14)12-10(15)16-11(3,4)5;1-8(2)6-9(7-13)12-10(14)15-11(3,4)5;1-4(2)3-5(7)6(8)9/h2*9-11H,6-8H2,1-5H3,(H,15,17);10-12,16H,9H2,1-6H3,(H,15,17);9-10H,8H2,1-7H3,(H,14,17);7-8H,6H2,1-5H3,(H,12,15)(H,13,14);7-9H,6H2,1-5H3,(H,12,14);4-5H,3,7H2,1-2H3,(H,8,9)/t10?,11-;;;;;;/m0....../s1. The fourth-order valence-electron chi connectivity index (χ4n) is 10.0. The quantitative estimate of drug-likeness (QED) is 0.0114. The number of amides is 7. The summed E-state index contributed by atoms with van der Waals surface area (Å²) in [6, 6.07) is -3.46. The van der Waals surface area contributed by atoms with E-state index in [0.717, 1.165) is 24.2 Å². The largest absolute Gasteiger partial charge is 0.480 e. The highest BCUT2D eigenvalue weighted by Gasteiger charge is 2.36. The molecular formula is C83H156N8O24. The van der Waals surface area contributed by atoms with Gasteiger partial charge < -0.3 is 95.6 Å². The Morgan fingerprint density at radius 3 is 0.983 bits per heavy atom. The van der Waals surface area contributed by atoms with E-state index in [4.69, 9.17) is 58.7 Å². The van der Waals surface area contributed by atoms with Crippen LogP contribution in [0.2, 0.25) is 0 Å². The van der Waals surface area contributed by atoms with Gasteiger partial charge >= 0.3 is 60.4 Å². The van der Waals surface area contributed by atoms with E-state index in [0.29, 0.717) is 87.4 Å². The Bertz CT molecular complexity index is 2880. The van der Waals surface area contributed by atoms with E-state index < -0.39 is 118 Å². The lowest BCUT2D eigenvalue weighted by molar-refractivity contribution is -0.171. The van der Waals surface area contributed by atoms with Crippen LogP contribution in [0.1, 0.15) is 299 Å². The van der Waals surface area contributed by atoms with Crippen LogP contribution in [0.3, 0.4) is 0 Å². The number of carboxylic acids is 2. The third kappa shape index (κ3) is 71.2. The number of hydroxylamine groups is 2. The fourth-order valence-corrected chi connectivity index (χ4v) is 10.0. The molecule has 0 bridgehead atoms. The molecule has 2 rings (SSSR count). The van der Waals surface area contributed by atoms with Crippen LogP contribution in [0.15, 0.2) is 0 Å². The number of nitrogens with one attached hydrogen (secondary N) is 6. The van der Waals surface area contributed by atoms with Crippen molar-refractivity contribution >= 4 is 72.6 Å². The van der Waals surface area contributed by atoms with Gasteiger partial charge in [0.2, 0.25) is 0 Å². The van der Waals surface area contributed by atoms with Crippen molar-refractivity contribution in [3.63, 3.8) is 0 Å². The number of carboxylic acid groups (broad SMARTS) is 2. The van der Waals surface area contributed by atoms with E-state index in [-0.39, 0.29) is 54.0 Å². The lowest BCUT2D eigenvalue weighted by Gasteiger charge is -2.27. The minimum absolute atomic E-state index is 0.179. The molecule has 2 aliphatic heterocycles.